The zero-order chi connectivity index (χ0) is 10.9. The Kier molecular flexibility index (Phi) is 3.24. The fraction of sp³-hybridized carbons (Fsp3) is 0.400. The fourth-order valence-electron chi connectivity index (χ4n) is 1.28. The molecular formula is C10H10BrF3. The summed E-state index contributed by atoms with van der Waals surface area (Å²) in [7, 11) is 0. The minimum atomic E-state index is -4.27. The molecule has 0 aliphatic carbocycles. The highest BCUT2D eigenvalue weighted by molar-refractivity contribution is 9.10. The number of halogens is 4. The van der Waals surface area contributed by atoms with E-state index in [0.29, 0.717) is 10.0 Å². The highest BCUT2D eigenvalue weighted by atomic mass is 79.9. The molecule has 0 saturated carbocycles. The quantitative estimate of drug-likeness (QED) is 0.698. The van der Waals surface area contributed by atoms with E-state index in [4.69, 9.17) is 0 Å². The van der Waals surface area contributed by atoms with Crippen LogP contribution in [0, 0.1) is 0 Å². The molecule has 1 aromatic rings. The molecule has 14 heavy (non-hydrogen) atoms. The monoisotopic (exact) mass is 266 g/mol. The highest BCUT2D eigenvalue weighted by Crippen LogP contribution is 2.36. The topological polar surface area (TPSA) is 0 Å². The van der Waals surface area contributed by atoms with Gasteiger partial charge < -0.3 is 0 Å². The van der Waals surface area contributed by atoms with Crippen molar-refractivity contribution < 1.29 is 13.2 Å². The summed E-state index contributed by atoms with van der Waals surface area (Å²) in [5.74, 6) is -0.125. The second kappa shape index (κ2) is 3.93. The van der Waals surface area contributed by atoms with Crippen LogP contribution in [0.2, 0.25) is 0 Å². The maximum atomic E-state index is 12.6. The first-order valence-electron chi connectivity index (χ1n) is 4.19. The second-order valence-electron chi connectivity index (χ2n) is 3.38. The molecule has 0 amide bonds. The molecule has 0 aromatic heterocycles. The molecule has 1 aromatic carbocycles. The van der Waals surface area contributed by atoms with E-state index in [0.717, 1.165) is 6.07 Å². The van der Waals surface area contributed by atoms with E-state index >= 15 is 0 Å². The number of hydrogen-bond acceptors (Lipinski definition) is 0. The van der Waals surface area contributed by atoms with E-state index < -0.39 is 11.7 Å². The van der Waals surface area contributed by atoms with Gasteiger partial charge in [0, 0.05) is 4.47 Å². The Labute approximate surface area is 89.3 Å². The Morgan fingerprint density at radius 2 is 1.79 bits per heavy atom. The molecule has 78 valence electrons. The highest BCUT2D eigenvalue weighted by Gasteiger charge is 2.33. The third-order valence-electron chi connectivity index (χ3n) is 1.94. The van der Waals surface area contributed by atoms with Gasteiger partial charge in [0.1, 0.15) is 0 Å². The number of hydrogen-bond donors (Lipinski definition) is 0. The van der Waals surface area contributed by atoms with Crippen LogP contribution in [-0.2, 0) is 6.18 Å². The Hall–Kier alpha value is -0.510. The van der Waals surface area contributed by atoms with Gasteiger partial charge in [-0.05, 0) is 23.6 Å². The van der Waals surface area contributed by atoms with Gasteiger partial charge in [-0.15, -0.1) is 0 Å². The largest absolute Gasteiger partial charge is 0.416 e. The maximum absolute atomic E-state index is 12.6. The van der Waals surface area contributed by atoms with Gasteiger partial charge in [0.15, 0.2) is 0 Å². The fourth-order valence-corrected chi connectivity index (χ4v) is 1.64. The van der Waals surface area contributed by atoms with Crippen molar-refractivity contribution in [1.82, 2.24) is 0 Å². The lowest BCUT2D eigenvalue weighted by atomic mass is 9.97. The average molecular weight is 267 g/mol. The smallest absolute Gasteiger partial charge is 0.166 e. The van der Waals surface area contributed by atoms with Crippen LogP contribution in [0.1, 0.15) is 30.9 Å². The molecule has 0 radical (unpaired) electrons. The van der Waals surface area contributed by atoms with Crippen molar-refractivity contribution in [3.63, 3.8) is 0 Å². The minimum absolute atomic E-state index is 0.125. The second-order valence-corrected chi connectivity index (χ2v) is 4.30. The molecule has 0 fully saturated rings. The number of rotatable bonds is 1. The Morgan fingerprint density at radius 3 is 2.21 bits per heavy atom. The molecule has 0 atom stereocenters. The molecule has 0 aliphatic heterocycles. The summed E-state index contributed by atoms with van der Waals surface area (Å²) in [6.07, 6.45) is -4.27. The van der Waals surface area contributed by atoms with Crippen LogP contribution in [0.25, 0.3) is 0 Å². The Morgan fingerprint density at radius 1 is 1.21 bits per heavy atom. The van der Waals surface area contributed by atoms with Gasteiger partial charge in [0.25, 0.3) is 0 Å². The van der Waals surface area contributed by atoms with E-state index in [1.165, 1.54) is 6.07 Å². The SMILES string of the molecule is CC(C)c1ccc(Br)cc1C(F)(F)F. The van der Waals surface area contributed by atoms with Crippen LogP contribution in [0.5, 0.6) is 0 Å². The summed E-state index contributed by atoms with van der Waals surface area (Å²) in [5, 5.41) is 0. The zero-order valence-corrected chi connectivity index (χ0v) is 9.41. The molecule has 0 N–H and O–H groups in total. The van der Waals surface area contributed by atoms with Crippen LogP contribution in [-0.4, -0.2) is 0 Å². The minimum Gasteiger partial charge on any atom is -0.166 e. The van der Waals surface area contributed by atoms with Gasteiger partial charge in [0.05, 0.1) is 5.56 Å². The Bertz CT molecular complexity index is 329. The molecule has 1 rings (SSSR count). The lowest BCUT2D eigenvalue weighted by molar-refractivity contribution is -0.138. The molecule has 0 unspecified atom stereocenters. The van der Waals surface area contributed by atoms with Crippen LogP contribution >= 0.6 is 15.9 Å². The molecule has 0 nitrogen and oxygen atoms in total. The van der Waals surface area contributed by atoms with Crippen molar-refractivity contribution in [1.29, 1.82) is 0 Å². The van der Waals surface area contributed by atoms with Gasteiger partial charge in [-0.3, -0.25) is 0 Å². The van der Waals surface area contributed by atoms with Gasteiger partial charge in [-0.1, -0.05) is 35.8 Å². The van der Waals surface area contributed by atoms with Crippen LogP contribution in [0.3, 0.4) is 0 Å². The van der Waals surface area contributed by atoms with E-state index in [9.17, 15) is 13.2 Å². The first kappa shape index (κ1) is 11.6. The Balaban J connectivity index is 3.30. The van der Waals surface area contributed by atoms with Crippen molar-refractivity contribution >= 4 is 15.9 Å². The van der Waals surface area contributed by atoms with Gasteiger partial charge in [0.2, 0.25) is 0 Å². The molecule has 0 spiro atoms. The molecule has 0 heterocycles. The predicted octanol–water partition coefficient (Wildman–Crippen LogP) is 4.59. The van der Waals surface area contributed by atoms with Crippen molar-refractivity contribution in [2.24, 2.45) is 0 Å². The summed E-state index contributed by atoms with van der Waals surface area (Å²) < 4.78 is 38.2. The summed E-state index contributed by atoms with van der Waals surface area (Å²) >= 11 is 3.04. The van der Waals surface area contributed by atoms with Crippen molar-refractivity contribution in [3.8, 4) is 0 Å². The first-order valence-corrected chi connectivity index (χ1v) is 4.98. The van der Waals surface area contributed by atoms with Gasteiger partial charge in [-0.2, -0.15) is 13.2 Å². The molecule has 0 aliphatic rings. The van der Waals surface area contributed by atoms with Crippen LogP contribution < -0.4 is 0 Å². The standard InChI is InChI=1S/C10H10BrF3/c1-6(2)8-4-3-7(11)5-9(8)10(12,13)14/h3-6H,1-2H3. The molecule has 4 heteroatoms. The molecule has 0 saturated heterocycles. The van der Waals surface area contributed by atoms with Gasteiger partial charge >= 0.3 is 6.18 Å². The van der Waals surface area contributed by atoms with Crippen molar-refractivity contribution in [3.05, 3.63) is 33.8 Å². The lowest BCUT2D eigenvalue weighted by Gasteiger charge is -2.15. The molecule has 0 bridgehead atoms. The lowest BCUT2D eigenvalue weighted by Crippen LogP contribution is -2.10. The van der Waals surface area contributed by atoms with E-state index in [1.54, 1.807) is 19.9 Å². The average Bonchev–Trinajstić information content (AvgIpc) is 2.01. The summed E-state index contributed by atoms with van der Waals surface area (Å²) in [6, 6.07) is 4.26. The van der Waals surface area contributed by atoms with E-state index in [-0.39, 0.29) is 5.92 Å². The van der Waals surface area contributed by atoms with Crippen LogP contribution in [0.15, 0.2) is 22.7 Å². The maximum Gasteiger partial charge on any atom is 0.416 e. The normalized spacial score (nSPS) is 12.2. The molecular weight excluding hydrogens is 257 g/mol. The van der Waals surface area contributed by atoms with Crippen LogP contribution in [0.4, 0.5) is 13.2 Å². The van der Waals surface area contributed by atoms with Crippen molar-refractivity contribution in [2.45, 2.75) is 25.9 Å². The zero-order valence-electron chi connectivity index (χ0n) is 7.82. The van der Waals surface area contributed by atoms with Crippen molar-refractivity contribution in [2.75, 3.05) is 0 Å². The first-order chi connectivity index (χ1) is 6.32. The summed E-state index contributed by atoms with van der Waals surface area (Å²) in [6.45, 7) is 3.50. The third kappa shape index (κ3) is 2.50. The predicted molar refractivity (Wildman–Crippen MR) is 53.2 cm³/mol. The summed E-state index contributed by atoms with van der Waals surface area (Å²) in [5.41, 5.74) is -0.220. The van der Waals surface area contributed by atoms with E-state index in [2.05, 4.69) is 15.9 Å². The third-order valence-corrected chi connectivity index (χ3v) is 2.44. The number of benzene rings is 1. The van der Waals surface area contributed by atoms with Gasteiger partial charge in [-0.25, -0.2) is 0 Å². The van der Waals surface area contributed by atoms with E-state index in [1.807, 2.05) is 0 Å². The summed E-state index contributed by atoms with van der Waals surface area (Å²) in [4.78, 5) is 0. The number of alkyl halides is 3.